The second-order valence-electron chi connectivity index (χ2n) is 2.05. The number of hydrogen-bond donors (Lipinski definition) is 0. The molecule has 0 radical (unpaired) electrons. The zero-order chi connectivity index (χ0) is 7.56. The van der Waals surface area contributed by atoms with E-state index < -0.39 is 0 Å². The predicted octanol–water partition coefficient (Wildman–Crippen LogP) is 2.04. The summed E-state index contributed by atoms with van der Waals surface area (Å²) in [6, 6.07) is 0.261. The van der Waals surface area contributed by atoms with Crippen LogP contribution in [0, 0.1) is 0 Å². The molecule has 1 heterocycles. The molecule has 0 saturated heterocycles. The maximum Gasteiger partial charge on any atom is 0.0896 e. The van der Waals surface area contributed by atoms with Crippen LogP contribution in [0.3, 0.4) is 0 Å². The lowest BCUT2D eigenvalue weighted by Gasteiger charge is -1.85. The van der Waals surface area contributed by atoms with E-state index in [1.165, 1.54) is 0 Å². The molecule has 10 heavy (non-hydrogen) atoms. The van der Waals surface area contributed by atoms with Gasteiger partial charge in [-0.2, -0.15) is 0 Å². The smallest absolute Gasteiger partial charge is 0.0896 e. The van der Waals surface area contributed by atoms with E-state index in [4.69, 9.17) is 5.53 Å². The van der Waals surface area contributed by atoms with Gasteiger partial charge in [-0.3, -0.25) is 4.99 Å². The molecular formula is C6H8N4. The number of aliphatic imine (C=N–C) groups is 1. The van der Waals surface area contributed by atoms with E-state index in [0.29, 0.717) is 5.70 Å². The Morgan fingerprint density at radius 3 is 2.80 bits per heavy atom. The van der Waals surface area contributed by atoms with E-state index in [9.17, 15) is 0 Å². The normalized spacial score (nSPS) is 23.2. The van der Waals surface area contributed by atoms with Crippen LogP contribution in [0.25, 0.3) is 10.4 Å². The molecule has 4 nitrogen and oxygen atoms in total. The molecule has 0 fully saturated rings. The molecule has 0 aromatic carbocycles. The molecule has 0 aliphatic carbocycles. The summed E-state index contributed by atoms with van der Waals surface area (Å²) in [7, 11) is 0. The molecule has 0 spiro atoms. The third-order valence-electron chi connectivity index (χ3n) is 1.35. The van der Waals surface area contributed by atoms with Gasteiger partial charge in [0.1, 0.15) is 0 Å². The summed E-state index contributed by atoms with van der Waals surface area (Å²) in [5.41, 5.74) is 9.67. The van der Waals surface area contributed by atoms with E-state index in [1.807, 2.05) is 13.8 Å². The van der Waals surface area contributed by atoms with Gasteiger partial charge in [0.15, 0.2) is 0 Å². The van der Waals surface area contributed by atoms with Crippen molar-refractivity contribution in [3.63, 3.8) is 0 Å². The fourth-order valence-electron chi connectivity index (χ4n) is 0.757. The van der Waals surface area contributed by atoms with Crippen molar-refractivity contribution < 1.29 is 0 Å². The van der Waals surface area contributed by atoms with Crippen LogP contribution in [0.5, 0.6) is 0 Å². The highest BCUT2D eigenvalue weighted by Crippen LogP contribution is 2.19. The molecule has 1 aliphatic rings. The quantitative estimate of drug-likeness (QED) is 0.317. The summed E-state index contributed by atoms with van der Waals surface area (Å²) in [6.07, 6.45) is 1.77. The lowest BCUT2D eigenvalue weighted by atomic mass is 10.2. The maximum absolute atomic E-state index is 8.09. The van der Waals surface area contributed by atoms with Crippen LogP contribution in [0.1, 0.15) is 13.8 Å². The lowest BCUT2D eigenvalue weighted by molar-refractivity contribution is 1.14. The Morgan fingerprint density at radius 1 is 1.90 bits per heavy atom. The van der Waals surface area contributed by atoms with Crippen molar-refractivity contribution in [3.8, 4) is 0 Å². The molecule has 0 bridgehead atoms. The molecule has 1 atom stereocenters. The van der Waals surface area contributed by atoms with E-state index in [1.54, 1.807) is 6.08 Å². The fraction of sp³-hybridized carbons (Fsp3) is 0.500. The van der Waals surface area contributed by atoms with Crippen molar-refractivity contribution in [1.82, 2.24) is 0 Å². The van der Waals surface area contributed by atoms with E-state index in [0.717, 1.165) is 5.71 Å². The summed E-state index contributed by atoms with van der Waals surface area (Å²) < 4.78 is 0. The minimum Gasteiger partial charge on any atom is -0.278 e. The van der Waals surface area contributed by atoms with E-state index in [-0.39, 0.29) is 6.04 Å². The lowest BCUT2D eigenvalue weighted by Crippen LogP contribution is -1.92. The summed E-state index contributed by atoms with van der Waals surface area (Å²) >= 11 is 0. The number of allylic oxidation sites excluding steroid dienone is 1. The average molecular weight is 136 g/mol. The van der Waals surface area contributed by atoms with Crippen molar-refractivity contribution in [1.29, 1.82) is 0 Å². The Kier molecular flexibility index (Phi) is 1.73. The minimum atomic E-state index is 0.261. The van der Waals surface area contributed by atoms with E-state index >= 15 is 0 Å². The van der Waals surface area contributed by atoms with Gasteiger partial charge >= 0.3 is 0 Å². The minimum absolute atomic E-state index is 0.261. The first-order valence-corrected chi connectivity index (χ1v) is 3.09. The monoisotopic (exact) mass is 136 g/mol. The Bertz CT molecular complexity index is 244. The summed E-state index contributed by atoms with van der Waals surface area (Å²) in [5, 5.41) is 3.47. The number of nitrogens with zero attached hydrogens (tertiary/aromatic N) is 4. The summed E-state index contributed by atoms with van der Waals surface area (Å²) in [4.78, 5) is 6.71. The number of azide groups is 1. The van der Waals surface area contributed by atoms with Gasteiger partial charge in [0, 0.05) is 4.91 Å². The van der Waals surface area contributed by atoms with Gasteiger partial charge in [0.25, 0.3) is 0 Å². The second-order valence-corrected chi connectivity index (χ2v) is 2.05. The summed E-state index contributed by atoms with van der Waals surface area (Å²) in [6.45, 7) is 3.79. The number of hydrogen-bond acceptors (Lipinski definition) is 2. The Balaban J connectivity index is 2.69. The molecule has 0 amide bonds. The molecule has 1 rings (SSSR count). The molecular weight excluding hydrogens is 128 g/mol. The first kappa shape index (κ1) is 6.83. The van der Waals surface area contributed by atoms with Crippen LogP contribution >= 0.6 is 0 Å². The average Bonchev–Trinajstić information content (AvgIpc) is 2.62. The highest BCUT2D eigenvalue weighted by molar-refractivity contribution is 6.12. The first-order valence-electron chi connectivity index (χ1n) is 3.09. The van der Waals surface area contributed by atoms with Crippen molar-refractivity contribution in [2.45, 2.75) is 19.9 Å². The molecule has 4 heteroatoms. The predicted molar refractivity (Wildman–Crippen MR) is 39.8 cm³/mol. The zero-order valence-electron chi connectivity index (χ0n) is 5.94. The third-order valence-corrected chi connectivity index (χ3v) is 1.35. The molecule has 1 aliphatic heterocycles. The Labute approximate surface area is 58.9 Å². The SMILES string of the molecule is C/C=C(/N=[N+]=[N-])C1=N[C@@H]1C. The Hall–Kier alpha value is -1.28. The van der Waals surface area contributed by atoms with E-state index in [2.05, 4.69) is 15.0 Å². The van der Waals surface area contributed by atoms with Gasteiger partial charge in [-0.25, -0.2) is 0 Å². The van der Waals surface area contributed by atoms with Crippen LogP contribution in [-0.2, 0) is 0 Å². The molecule has 0 aromatic heterocycles. The molecule has 52 valence electrons. The highest BCUT2D eigenvalue weighted by Gasteiger charge is 2.24. The van der Waals surface area contributed by atoms with Crippen LogP contribution in [0.2, 0.25) is 0 Å². The van der Waals surface area contributed by atoms with Crippen LogP contribution in [-0.4, -0.2) is 11.8 Å². The van der Waals surface area contributed by atoms with Crippen LogP contribution in [0.15, 0.2) is 21.9 Å². The second kappa shape index (κ2) is 2.54. The highest BCUT2D eigenvalue weighted by atomic mass is 15.2. The largest absolute Gasteiger partial charge is 0.278 e. The zero-order valence-corrected chi connectivity index (χ0v) is 5.94. The molecule has 0 saturated carbocycles. The van der Waals surface area contributed by atoms with Crippen molar-refractivity contribution >= 4 is 5.71 Å². The topological polar surface area (TPSA) is 61.1 Å². The van der Waals surface area contributed by atoms with Gasteiger partial charge in [-0.05, 0) is 19.4 Å². The summed E-state index contributed by atoms with van der Waals surface area (Å²) in [5.74, 6) is 0. The van der Waals surface area contributed by atoms with Gasteiger partial charge in [0.2, 0.25) is 0 Å². The standard InChI is InChI=1S/C6H8N4/c1-3-5(9-10-7)6-4(2)8-6/h3-4H,1-2H3/b5-3+/t4-/m1/s1. The third kappa shape index (κ3) is 1.17. The van der Waals surface area contributed by atoms with Gasteiger partial charge in [0.05, 0.1) is 17.5 Å². The number of rotatable bonds is 2. The van der Waals surface area contributed by atoms with Crippen molar-refractivity contribution in [2.24, 2.45) is 10.1 Å². The first-order chi connectivity index (χ1) is 4.79. The molecule has 0 N–H and O–H groups in total. The van der Waals surface area contributed by atoms with Gasteiger partial charge in [-0.15, -0.1) is 0 Å². The fourth-order valence-corrected chi connectivity index (χ4v) is 0.757. The van der Waals surface area contributed by atoms with Gasteiger partial charge < -0.3 is 0 Å². The van der Waals surface area contributed by atoms with Gasteiger partial charge in [-0.1, -0.05) is 11.2 Å². The van der Waals surface area contributed by atoms with Crippen molar-refractivity contribution in [3.05, 3.63) is 22.2 Å². The maximum atomic E-state index is 8.09. The molecule has 0 aromatic rings. The van der Waals surface area contributed by atoms with Crippen LogP contribution in [0.4, 0.5) is 0 Å². The van der Waals surface area contributed by atoms with Crippen LogP contribution < -0.4 is 0 Å². The molecule has 0 unspecified atom stereocenters. The Morgan fingerprint density at radius 2 is 2.50 bits per heavy atom. The van der Waals surface area contributed by atoms with Crippen molar-refractivity contribution in [2.75, 3.05) is 0 Å².